The van der Waals surface area contributed by atoms with E-state index in [2.05, 4.69) is 10.6 Å². The highest BCUT2D eigenvalue weighted by Gasteiger charge is 2.13. The number of carbonyl (C=O) groups is 2. The van der Waals surface area contributed by atoms with Crippen LogP contribution in [0.2, 0.25) is 0 Å². The maximum Gasteiger partial charge on any atom is 0.253 e. The number of rotatable bonds is 4. The zero-order valence-electron chi connectivity index (χ0n) is 11.0. The average Bonchev–Trinajstić information content (AvgIpc) is 2.31. The number of amides is 2. The topological polar surface area (TPSA) is 67.4 Å². The SMILES string of the molecule is COC(C)C(=O)Nc1cc(NC(C)=O)ccc1C. The fourth-order valence-electron chi connectivity index (χ4n) is 1.38. The number of aryl methyl sites for hydroxylation is 1. The van der Waals surface area contributed by atoms with Crippen LogP contribution in [0.5, 0.6) is 0 Å². The van der Waals surface area contributed by atoms with E-state index in [9.17, 15) is 9.59 Å². The second kappa shape index (κ2) is 6.16. The summed E-state index contributed by atoms with van der Waals surface area (Å²) >= 11 is 0. The van der Waals surface area contributed by atoms with Gasteiger partial charge in [0, 0.05) is 25.4 Å². The van der Waals surface area contributed by atoms with E-state index < -0.39 is 6.10 Å². The highest BCUT2D eigenvalue weighted by Crippen LogP contribution is 2.20. The molecule has 98 valence electrons. The van der Waals surface area contributed by atoms with Crippen molar-refractivity contribution in [3.05, 3.63) is 23.8 Å². The van der Waals surface area contributed by atoms with Crippen molar-refractivity contribution in [2.75, 3.05) is 17.7 Å². The smallest absolute Gasteiger partial charge is 0.253 e. The van der Waals surface area contributed by atoms with Crippen molar-refractivity contribution in [2.45, 2.75) is 26.9 Å². The summed E-state index contributed by atoms with van der Waals surface area (Å²) in [6.07, 6.45) is -0.520. The quantitative estimate of drug-likeness (QED) is 0.858. The molecule has 1 aromatic carbocycles. The van der Waals surface area contributed by atoms with Gasteiger partial charge < -0.3 is 15.4 Å². The summed E-state index contributed by atoms with van der Waals surface area (Å²) in [7, 11) is 1.48. The number of hydrogen-bond donors (Lipinski definition) is 2. The van der Waals surface area contributed by atoms with Crippen LogP contribution >= 0.6 is 0 Å². The lowest BCUT2D eigenvalue weighted by molar-refractivity contribution is -0.124. The maximum atomic E-state index is 11.7. The molecule has 1 rings (SSSR count). The molecular weight excluding hydrogens is 232 g/mol. The molecule has 1 atom stereocenters. The average molecular weight is 250 g/mol. The number of hydrogen-bond acceptors (Lipinski definition) is 3. The highest BCUT2D eigenvalue weighted by molar-refractivity contribution is 5.96. The molecule has 0 aliphatic rings. The molecule has 2 amide bonds. The first-order valence-corrected chi connectivity index (χ1v) is 5.66. The summed E-state index contributed by atoms with van der Waals surface area (Å²) in [5, 5.41) is 5.43. The third-order valence-electron chi connectivity index (χ3n) is 2.54. The highest BCUT2D eigenvalue weighted by atomic mass is 16.5. The summed E-state index contributed by atoms with van der Waals surface area (Å²) in [5.41, 5.74) is 2.23. The molecule has 0 saturated heterocycles. The Morgan fingerprint density at radius 2 is 1.94 bits per heavy atom. The number of nitrogens with one attached hydrogen (secondary N) is 2. The minimum absolute atomic E-state index is 0.151. The summed E-state index contributed by atoms with van der Waals surface area (Å²) in [4.78, 5) is 22.7. The van der Waals surface area contributed by atoms with E-state index in [4.69, 9.17) is 4.74 Å². The Balaban J connectivity index is 2.87. The standard InChI is InChI=1S/C13H18N2O3/c1-8-5-6-11(14-10(3)16)7-12(8)15-13(17)9(2)18-4/h5-7,9H,1-4H3,(H,14,16)(H,15,17). The van der Waals surface area contributed by atoms with Crippen LogP contribution in [0.25, 0.3) is 0 Å². The summed E-state index contributed by atoms with van der Waals surface area (Å²) in [6.45, 7) is 4.98. The zero-order chi connectivity index (χ0) is 13.7. The third kappa shape index (κ3) is 3.85. The molecule has 0 spiro atoms. The van der Waals surface area contributed by atoms with Crippen molar-refractivity contribution in [2.24, 2.45) is 0 Å². The van der Waals surface area contributed by atoms with Crippen LogP contribution in [0.1, 0.15) is 19.4 Å². The molecule has 0 aromatic heterocycles. The lowest BCUT2D eigenvalue weighted by Crippen LogP contribution is -2.26. The summed E-state index contributed by atoms with van der Waals surface area (Å²) < 4.78 is 4.94. The minimum atomic E-state index is -0.520. The molecule has 2 N–H and O–H groups in total. The van der Waals surface area contributed by atoms with Crippen LogP contribution < -0.4 is 10.6 Å². The molecule has 0 aliphatic carbocycles. The predicted octanol–water partition coefficient (Wildman–Crippen LogP) is 1.93. The molecule has 1 aromatic rings. The molecule has 0 saturated carbocycles. The van der Waals surface area contributed by atoms with Crippen LogP contribution in [0.4, 0.5) is 11.4 Å². The first-order valence-electron chi connectivity index (χ1n) is 5.66. The lowest BCUT2D eigenvalue weighted by atomic mass is 10.1. The van der Waals surface area contributed by atoms with Crippen molar-refractivity contribution < 1.29 is 14.3 Å². The van der Waals surface area contributed by atoms with Crippen LogP contribution in [-0.4, -0.2) is 25.0 Å². The van der Waals surface area contributed by atoms with E-state index in [-0.39, 0.29) is 11.8 Å². The van der Waals surface area contributed by atoms with Crippen molar-refractivity contribution >= 4 is 23.2 Å². The van der Waals surface area contributed by atoms with Gasteiger partial charge >= 0.3 is 0 Å². The molecule has 1 unspecified atom stereocenters. The van der Waals surface area contributed by atoms with E-state index in [1.807, 2.05) is 13.0 Å². The Labute approximate surface area is 107 Å². The van der Waals surface area contributed by atoms with E-state index >= 15 is 0 Å². The number of methoxy groups -OCH3 is 1. The Morgan fingerprint density at radius 1 is 1.28 bits per heavy atom. The number of benzene rings is 1. The van der Waals surface area contributed by atoms with Gasteiger partial charge in [0.05, 0.1) is 0 Å². The molecule has 18 heavy (non-hydrogen) atoms. The fourth-order valence-corrected chi connectivity index (χ4v) is 1.38. The molecule has 0 aliphatic heterocycles. The molecule has 5 heteroatoms. The van der Waals surface area contributed by atoms with Gasteiger partial charge in [-0.3, -0.25) is 9.59 Å². The van der Waals surface area contributed by atoms with Gasteiger partial charge in [-0.15, -0.1) is 0 Å². The molecule has 0 fully saturated rings. The van der Waals surface area contributed by atoms with Crippen LogP contribution in [0, 0.1) is 6.92 Å². The van der Waals surface area contributed by atoms with E-state index in [0.717, 1.165) is 5.56 Å². The van der Waals surface area contributed by atoms with Gasteiger partial charge in [-0.1, -0.05) is 6.07 Å². The van der Waals surface area contributed by atoms with Gasteiger partial charge in [0.1, 0.15) is 6.10 Å². The van der Waals surface area contributed by atoms with Crippen molar-refractivity contribution in [3.8, 4) is 0 Å². The predicted molar refractivity (Wildman–Crippen MR) is 70.6 cm³/mol. The van der Waals surface area contributed by atoms with Gasteiger partial charge in [-0.25, -0.2) is 0 Å². The minimum Gasteiger partial charge on any atom is -0.372 e. The fraction of sp³-hybridized carbons (Fsp3) is 0.385. The zero-order valence-corrected chi connectivity index (χ0v) is 11.0. The monoisotopic (exact) mass is 250 g/mol. The van der Waals surface area contributed by atoms with Crippen molar-refractivity contribution in [1.82, 2.24) is 0 Å². The number of carbonyl (C=O) groups excluding carboxylic acids is 2. The number of anilines is 2. The van der Waals surface area contributed by atoms with E-state index in [0.29, 0.717) is 11.4 Å². The molecule has 0 radical (unpaired) electrons. The second-order valence-electron chi connectivity index (χ2n) is 4.08. The van der Waals surface area contributed by atoms with Crippen LogP contribution in [0.15, 0.2) is 18.2 Å². The second-order valence-corrected chi connectivity index (χ2v) is 4.08. The Hall–Kier alpha value is -1.88. The molecular formula is C13H18N2O3. The Morgan fingerprint density at radius 3 is 2.50 bits per heavy atom. The summed E-state index contributed by atoms with van der Waals surface area (Å²) in [6, 6.07) is 5.33. The van der Waals surface area contributed by atoms with Gasteiger partial charge in [0.2, 0.25) is 5.91 Å². The van der Waals surface area contributed by atoms with Gasteiger partial charge in [0.25, 0.3) is 5.91 Å². The Bertz CT molecular complexity index is 458. The van der Waals surface area contributed by atoms with Crippen molar-refractivity contribution in [3.63, 3.8) is 0 Å². The van der Waals surface area contributed by atoms with Crippen molar-refractivity contribution in [1.29, 1.82) is 0 Å². The first kappa shape index (κ1) is 14.2. The van der Waals surface area contributed by atoms with Crippen LogP contribution in [0.3, 0.4) is 0 Å². The van der Waals surface area contributed by atoms with Gasteiger partial charge in [-0.2, -0.15) is 0 Å². The van der Waals surface area contributed by atoms with Gasteiger partial charge in [-0.05, 0) is 31.5 Å². The largest absolute Gasteiger partial charge is 0.372 e. The maximum absolute atomic E-state index is 11.7. The summed E-state index contributed by atoms with van der Waals surface area (Å²) in [5.74, 6) is -0.373. The Kier molecular flexibility index (Phi) is 4.85. The third-order valence-corrected chi connectivity index (χ3v) is 2.54. The molecule has 5 nitrogen and oxygen atoms in total. The molecule has 0 heterocycles. The van der Waals surface area contributed by atoms with Crippen LogP contribution in [-0.2, 0) is 14.3 Å². The lowest BCUT2D eigenvalue weighted by Gasteiger charge is -2.13. The first-order chi connectivity index (χ1) is 8.43. The van der Waals surface area contributed by atoms with Gasteiger partial charge in [0.15, 0.2) is 0 Å². The molecule has 0 bridgehead atoms. The normalized spacial score (nSPS) is 11.8. The van der Waals surface area contributed by atoms with E-state index in [1.165, 1.54) is 14.0 Å². The number of ether oxygens (including phenoxy) is 1. The van der Waals surface area contributed by atoms with E-state index in [1.54, 1.807) is 19.1 Å².